The van der Waals surface area contributed by atoms with E-state index in [0.717, 1.165) is 29.8 Å². The van der Waals surface area contributed by atoms with E-state index in [1.54, 1.807) is 0 Å². The van der Waals surface area contributed by atoms with Crippen molar-refractivity contribution < 1.29 is 9.53 Å². The zero-order valence-corrected chi connectivity index (χ0v) is 14.8. The predicted molar refractivity (Wildman–Crippen MR) is 98.6 cm³/mol. The van der Waals surface area contributed by atoms with Gasteiger partial charge in [0.15, 0.2) is 0 Å². The van der Waals surface area contributed by atoms with E-state index in [1.165, 1.54) is 11.1 Å². The third-order valence-electron chi connectivity index (χ3n) is 5.74. The van der Waals surface area contributed by atoms with Crippen molar-refractivity contribution in [3.63, 3.8) is 0 Å². The van der Waals surface area contributed by atoms with Gasteiger partial charge in [-0.3, -0.25) is 4.79 Å². The Morgan fingerprint density at radius 2 is 2.00 bits per heavy atom. The Balaban J connectivity index is 1.39. The van der Waals surface area contributed by atoms with Crippen LogP contribution >= 0.6 is 0 Å². The lowest BCUT2D eigenvalue weighted by Crippen LogP contribution is -2.36. The summed E-state index contributed by atoms with van der Waals surface area (Å²) in [6, 6.07) is 16.3. The molecule has 0 N–H and O–H groups in total. The molecular formula is C21H21N3O2. The SMILES string of the molecule is Cc1nc2ccccc2n1CC(=O)N1CCC2(C1)OCc1ccccc12. The third kappa shape index (κ3) is 2.27. The maximum atomic E-state index is 13.0. The molecule has 0 bridgehead atoms. The molecule has 5 nitrogen and oxygen atoms in total. The number of benzene rings is 2. The summed E-state index contributed by atoms with van der Waals surface area (Å²) < 4.78 is 8.17. The van der Waals surface area contributed by atoms with E-state index in [0.29, 0.717) is 19.7 Å². The van der Waals surface area contributed by atoms with Gasteiger partial charge in [-0.2, -0.15) is 0 Å². The number of imidazole rings is 1. The summed E-state index contributed by atoms with van der Waals surface area (Å²) >= 11 is 0. The van der Waals surface area contributed by atoms with Gasteiger partial charge in [0.2, 0.25) is 5.91 Å². The Morgan fingerprint density at radius 3 is 2.92 bits per heavy atom. The van der Waals surface area contributed by atoms with Gasteiger partial charge >= 0.3 is 0 Å². The zero-order chi connectivity index (χ0) is 17.7. The van der Waals surface area contributed by atoms with Gasteiger partial charge in [0.05, 0.1) is 24.2 Å². The number of carbonyl (C=O) groups excluding carboxylic acids is 1. The van der Waals surface area contributed by atoms with Crippen molar-refractivity contribution in [3.05, 3.63) is 65.5 Å². The van der Waals surface area contributed by atoms with Crippen molar-refractivity contribution >= 4 is 16.9 Å². The van der Waals surface area contributed by atoms with Crippen molar-refractivity contribution in [1.82, 2.24) is 14.5 Å². The summed E-state index contributed by atoms with van der Waals surface area (Å²) in [4.78, 5) is 19.5. The van der Waals surface area contributed by atoms with Crippen molar-refractivity contribution in [3.8, 4) is 0 Å². The Morgan fingerprint density at radius 1 is 1.19 bits per heavy atom. The number of aromatic nitrogens is 2. The second-order valence-corrected chi connectivity index (χ2v) is 7.24. The Kier molecular flexibility index (Phi) is 3.40. The Bertz CT molecular complexity index is 1010. The summed E-state index contributed by atoms with van der Waals surface area (Å²) in [5.41, 5.74) is 4.12. The molecule has 132 valence electrons. The van der Waals surface area contributed by atoms with Crippen molar-refractivity contribution in [2.75, 3.05) is 13.1 Å². The minimum absolute atomic E-state index is 0.126. The average Bonchev–Trinajstić information content (AvgIpc) is 3.34. The van der Waals surface area contributed by atoms with Gasteiger partial charge in [0.25, 0.3) is 0 Å². The molecule has 26 heavy (non-hydrogen) atoms. The first-order chi connectivity index (χ1) is 12.7. The number of ether oxygens (including phenoxy) is 1. The lowest BCUT2D eigenvalue weighted by molar-refractivity contribution is -0.132. The molecule has 2 aromatic carbocycles. The maximum absolute atomic E-state index is 13.0. The monoisotopic (exact) mass is 347 g/mol. The molecule has 0 radical (unpaired) electrons. The molecule has 3 heterocycles. The molecule has 0 aliphatic carbocycles. The predicted octanol–water partition coefficient (Wildman–Crippen LogP) is 3.00. The molecule has 1 atom stereocenters. The van der Waals surface area contributed by atoms with Crippen LogP contribution in [0.2, 0.25) is 0 Å². The van der Waals surface area contributed by atoms with E-state index in [9.17, 15) is 4.79 Å². The highest BCUT2D eigenvalue weighted by Crippen LogP contribution is 2.43. The van der Waals surface area contributed by atoms with Crippen LogP contribution in [0.1, 0.15) is 23.4 Å². The van der Waals surface area contributed by atoms with Gasteiger partial charge in [-0.25, -0.2) is 4.98 Å². The molecule has 5 heteroatoms. The van der Waals surface area contributed by atoms with Gasteiger partial charge in [-0.1, -0.05) is 36.4 Å². The molecule has 2 aliphatic heterocycles. The average molecular weight is 347 g/mol. The molecule has 5 rings (SSSR count). The number of likely N-dealkylation sites (tertiary alicyclic amines) is 1. The fourth-order valence-corrected chi connectivity index (χ4v) is 4.35. The molecular weight excluding hydrogens is 326 g/mol. The first kappa shape index (κ1) is 15.6. The lowest BCUT2D eigenvalue weighted by atomic mass is 9.92. The standard InChI is InChI=1S/C21H21N3O2/c1-15-22-18-8-4-5-9-19(18)24(15)12-20(25)23-11-10-21(14-23)17-7-3-2-6-16(17)13-26-21/h2-9H,10-14H2,1H3. The van der Waals surface area contributed by atoms with Crippen LogP contribution in [0.5, 0.6) is 0 Å². The van der Waals surface area contributed by atoms with Crippen molar-refractivity contribution in [1.29, 1.82) is 0 Å². The fourth-order valence-electron chi connectivity index (χ4n) is 4.35. The molecule has 1 unspecified atom stereocenters. The van der Waals surface area contributed by atoms with Crippen LogP contribution in [0, 0.1) is 6.92 Å². The van der Waals surface area contributed by atoms with Crippen molar-refractivity contribution in [2.24, 2.45) is 0 Å². The van der Waals surface area contributed by atoms with Crippen LogP contribution in [-0.2, 0) is 28.3 Å². The number of hydrogen-bond acceptors (Lipinski definition) is 3. The molecule has 3 aromatic rings. The van der Waals surface area contributed by atoms with Crippen LogP contribution < -0.4 is 0 Å². The molecule has 1 aromatic heterocycles. The molecule has 1 spiro atoms. The number of aryl methyl sites for hydroxylation is 1. The normalized spacial score (nSPS) is 21.7. The largest absolute Gasteiger partial charge is 0.364 e. The smallest absolute Gasteiger partial charge is 0.242 e. The zero-order valence-electron chi connectivity index (χ0n) is 14.8. The number of fused-ring (bicyclic) bond motifs is 3. The van der Waals surface area contributed by atoms with Gasteiger partial charge in [-0.05, 0) is 36.6 Å². The summed E-state index contributed by atoms with van der Waals surface area (Å²) in [5.74, 6) is 0.997. The van der Waals surface area contributed by atoms with E-state index in [4.69, 9.17) is 4.74 Å². The quantitative estimate of drug-likeness (QED) is 0.716. The van der Waals surface area contributed by atoms with E-state index in [-0.39, 0.29) is 11.5 Å². The molecule has 1 amide bonds. The second kappa shape index (κ2) is 5.68. The van der Waals surface area contributed by atoms with Gasteiger partial charge in [-0.15, -0.1) is 0 Å². The number of rotatable bonds is 2. The topological polar surface area (TPSA) is 47.4 Å². The van der Waals surface area contributed by atoms with E-state index < -0.39 is 0 Å². The summed E-state index contributed by atoms with van der Waals surface area (Å²) in [6.45, 7) is 4.29. The van der Waals surface area contributed by atoms with Gasteiger partial charge < -0.3 is 14.2 Å². The molecule has 1 saturated heterocycles. The minimum atomic E-state index is -0.321. The second-order valence-electron chi connectivity index (χ2n) is 7.24. The van der Waals surface area contributed by atoms with Gasteiger partial charge in [0, 0.05) is 6.54 Å². The molecule has 0 saturated carbocycles. The summed E-state index contributed by atoms with van der Waals surface area (Å²) in [6.07, 6.45) is 0.861. The van der Waals surface area contributed by atoms with Crippen LogP contribution in [0.4, 0.5) is 0 Å². The van der Waals surface area contributed by atoms with Crippen LogP contribution in [0.15, 0.2) is 48.5 Å². The Hall–Kier alpha value is -2.66. The number of nitrogens with zero attached hydrogens (tertiary/aromatic N) is 3. The van der Waals surface area contributed by atoms with Crippen LogP contribution in [-0.4, -0.2) is 33.4 Å². The van der Waals surface area contributed by atoms with E-state index in [2.05, 4.69) is 23.2 Å². The number of para-hydroxylation sites is 2. The lowest BCUT2D eigenvalue weighted by Gasteiger charge is -2.25. The van der Waals surface area contributed by atoms with E-state index >= 15 is 0 Å². The van der Waals surface area contributed by atoms with Crippen molar-refractivity contribution in [2.45, 2.75) is 32.1 Å². The first-order valence-electron chi connectivity index (χ1n) is 9.08. The number of carbonyl (C=O) groups is 1. The number of hydrogen-bond donors (Lipinski definition) is 0. The molecule has 1 fully saturated rings. The summed E-state index contributed by atoms with van der Waals surface area (Å²) in [7, 11) is 0. The maximum Gasteiger partial charge on any atom is 0.242 e. The minimum Gasteiger partial charge on any atom is -0.364 e. The highest BCUT2D eigenvalue weighted by atomic mass is 16.5. The third-order valence-corrected chi connectivity index (χ3v) is 5.74. The van der Waals surface area contributed by atoms with E-state index in [1.807, 2.05) is 46.7 Å². The van der Waals surface area contributed by atoms with Crippen LogP contribution in [0.25, 0.3) is 11.0 Å². The highest BCUT2D eigenvalue weighted by Gasteiger charge is 2.46. The Labute approximate surface area is 152 Å². The fraction of sp³-hybridized carbons (Fsp3) is 0.333. The molecule has 2 aliphatic rings. The highest BCUT2D eigenvalue weighted by molar-refractivity contribution is 5.81. The summed E-state index contributed by atoms with van der Waals surface area (Å²) in [5, 5.41) is 0. The van der Waals surface area contributed by atoms with Crippen LogP contribution in [0.3, 0.4) is 0 Å². The first-order valence-corrected chi connectivity index (χ1v) is 9.08. The van der Waals surface area contributed by atoms with Gasteiger partial charge in [0.1, 0.15) is 18.0 Å². The number of amides is 1.